The van der Waals surface area contributed by atoms with Crippen molar-refractivity contribution >= 4 is 23.0 Å². The van der Waals surface area contributed by atoms with E-state index in [1.165, 1.54) is 19.2 Å². The van der Waals surface area contributed by atoms with E-state index in [-0.39, 0.29) is 18.0 Å². The van der Waals surface area contributed by atoms with Crippen LogP contribution in [0.2, 0.25) is 5.02 Å². The average molecular weight is 337 g/mol. The zero-order chi connectivity index (χ0) is 17.0. The Bertz CT molecular complexity index is 719. The van der Waals surface area contributed by atoms with Crippen molar-refractivity contribution in [1.82, 2.24) is 0 Å². The normalized spacial score (nSPS) is 13.2. The van der Waals surface area contributed by atoms with Crippen LogP contribution >= 0.6 is 11.6 Å². The lowest BCUT2D eigenvalue weighted by Crippen LogP contribution is -2.31. The third kappa shape index (κ3) is 3.91. The number of ether oxygens (including phenoxy) is 1. The Morgan fingerprint density at radius 1 is 1.35 bits per heavy atom. The summed E-state index contributed by atoms with van der Waals surface area (Å²) in [7, 11) is 1.37. The van der Waals surface area contributed by atoms with Crippen molar-refractivity contribution in [3.63, 3.8) is 0 Å². The number of nitrogens with zero attached hydrogens (tertiary/aromatic N) is 1. The minimum atomic E-state index is -1.20. The fourth-order valence-corrected chi connectivity index (χ4v) is 2.55. The molecule has 0 amide bonds. The summed E-state index contributed by atoms with van der Waals surface area (Å²) in [5.41, 5.74) is -0.119. The lowest BCUT2D eigenvalue weighted by atomic mass is 9.96. The number of nitrogens with one attached hydrogen (secondary N) is 1. The second kappa shape index (κ2) is 6.85. The summed E-state index contributed by atoms with van der Waals surface area (Å²) in [6, 6.07) is 11.5. The van der Waals surface area contributed by atoms with Gasteiger partial charge in [0, 0.05) is 35.0 Å². The maximum absolute atomic E-state index is 10.9. The van der Waals surface area contributed by atoms with E-state index in [0.29, 0.717) is 16.3 Å². The van der Waals surface area contributed by atoms with Crippen LogP contribution in [0.25, 0.3) is 0 Å². The van der Waals surface area contributed by atoms with E-state index < -0.39 is 10.5 Å². The molecule has 2 N–H and O–H groups in total. The Labute approximate surface area is 138 Å². The van der Waals surface area contributed by atoms with E-state index in [1.54, 1.807) is 37.3 Å². The predicted molar refractivity (Wildman–Crippen MR) is 89.2 cm³/mol. The van der Waals surface area contributed by atoms with Crippen LogP contribution in [0.1, 0.15) is 12.5 Å². The Kier molecular flexibility index (Phi) is 5.08. The third-order valence-corrected chi connectivity index (χ3v) is 3.80. The van der Waals surface area contributed by atoms with E-state index in [2.05, 4.69) is 5.32 Å². The van der Waals surface area contributed by atoms with Crippen LogP contribution in [0.4, 0.5) is 11.4 Å². The molecule has 7 heteroatoms. The van der Waals surface area contributed by atoms with E-state index in [0.717, 1.165) is 0 Å². The van der Waals surface area contributed by atoms with Crippen molar-refractivity contribution < 1.29 is 14.8 Å². The fourth-order valence-electron chi connectivity index (χ4n) is 2.21. The fraction of sp³-hybridized carbons (Fsp3) is 0.250. The Balaban J connectivity index is 2.17. The molecular formula is C16H17ClN2O4. The number of rotatable bonds is 6. The molecule has 2 rings (SSSR count). The van der Waals surface area contributed by atoms with Gasteiger partial charge >= 0.3 is 5.69 Å². The van der Waals surface area contributed by atoms with E-state index in [1.807, 2.05) is 0 Å². The number of halogens is 1. The van der Waals surface area contributed by atoms with Crippen molar-refractivity contribution in [2.45, 2.75) is 12.5 Å². The highest BCUT2D eigenvalue weighted by atomic mass is 35.5. The predicted octanol–water partition coefficient (Wildman–Crippen LogP) is 3.58. The lowest BCUT2D eigenvalue weighted by Gasteiger charge is -2.26. The lowest BCUT2D eigenvalue weighted by molar-refractivity contribution is -0.385. The Morgan fingerprint density at radius 3 is 2.65 bits per heavy atom. The molecule has 0 heterocycles. The van der Waals surface area contributed by atoms with Gasteiger partial charge in [0.25, 0.3) is 0 Å². The maximum Gasteiger partial charge on any atom is 0.311 e. The molecule has 0 fully saturated rings. The topological polar surface area (TPSA) is 84.6 Å². The molecule has 0 bridgehead atoms. The third-order valence-electron chi connectivity index (χ3n) is 3.47. The van der Waals surface area contributed by atoms with Gasteiger partial charge < -0.3 is 15.2 Å². The quantitative estimate of drug-likeness (QED) is 0.622. The summed E-state index contributed by atoms with van der Waals surface area (Å²) in [4.78, 5) is 10.4. The van der Waals surface area contributed by atoms with Gasteiger partial charge in [0.05, 0.1) is 12.0 Å². The van der Waals surface area contributed by atoms with E-state index in [9.17, 15) is 15.2 Å². The van der Waals surface area contributed by atoms with Gasteiger partial charge in [-0.05, 0) is 19.1 Å². The molecule has 1 atom stereocenters. The van der Waals surface area contributed by atoms with Gasteiger partial charge in [-0.25, -0.2) is 0 Å². The number of methoxy groups -OCH3 is 1. The molecule has 0 aliphatic rings. The van der Waals surface area contributed by atoms with E-state index >= 15 is 0 Å². The van der Waals surface area contributed by atoms with Crippen LogP contribution in [0.15, 0.2) is 42.5 Å². The first-order chi connectivity index (χ1) is 10.8. The van der Waals surface area contributed by atoms with Crippen LogP contribution in [0.3, 0.4) is 0 Å². The summed E-state index contributed by atoms with van der Waals surface area (Å²) in [6.07, 6.45) is 0. The minimum Gasteiger partial charge on any atom is -0.490 e. The molecule has 2 aromatic carbocycles. The summed E-state index contributed by atoms with van der Waals surface area (Å²) in [5, 5.41) is 25.0. The standard InChI is InChI=1S/C16H17ClN2O4/c1-16(20,12-5-3-4-6-13(12)17)10-18-11-7-8-14(19(21)22)15(9-11)23-2/h3-9,18,20H,10H2,1-2H3. The number of nitro benzene ring substituents is 1. The number of benzene rings is 2. The molecule has 0 aliphatic heterocycles. The number of hydrogen-bond donors (Lipinski definition) is 2. The first-order valence-corrected chi connectivity index (χ1v) is 7.26. The zero-order valence-electron chi connectivity index (χ0n) is 12.7. The molecule has 6 nitrogen and oxygen atoms in total. The van der Waals surface area contributed by atoms with Crippen LogP contribution in [0, 0.1) is 10.1 Å². The molecule has 0 aliphatic carbocycles. The summed E-state index contributed by atoms with van der Waals surface area (Å²) < 4.78 is 5.02. The van der Waals surface area contributed by atoms with Gasteiger partial charge in [0.2, 0.25) is 0 Å². The van der Waals surface area contributed by atoms with Crippen LogP contribution < -0.4 is 10.1 Å². The highest BCUT2D eigenvalue weighted by molar-refractivity contribution is 6.31. The Morgan fingerprint density at radius 2 is 2.04 bits per heavy atom. The zero-order valence-corrected chi connectivity index (χ0v) is 13.5. The molecule has 0 radical (unpaired) electrons. The van der Waals surface area contributed by atoms with Gasteiger partial charge in [-0.15, -0.1) is 0 Å². The number of anilines is 1. The van der Waals surface area contributed by atoms with Crippen LogP contribution in [-0.4, -0.2) is 23.7 Å². The minimum absolute atomic E-state index is 0.115. The van der Waals surface area contributed by atoms with Gasteiger partial charge in [0.15, 0.2) is 5.75 Å². The van der Waals surface area contributed by atoms with Crippen molar-refractivity contribution in [1.29, 1.82) is 0 Å². The second-order valence-corrected chi connectivity index (χ2v) is 5.66. The van der Waals surface area contributed by atoms with E-state index in [4.69, 9.17) is 16.3 Å². The monoisotopic (exact) mass is 336 g/mol. The summed E-state index contributed by atoms with van der Waals surface area (Å²) in [6.45, 7) is 1.82. The molecule has 0 saturated carbocycles. The molecule has 0 aromatic heterocycles. The molecule has 0 spiro atoms. The Hall–Kier alpha value is -2.31. The van der Waals surface area contributed by atoms with Crippen molar-refractivity contribution in [3.05, 3.63) is 63.2 Å². The van der Waals surface area contributed by atoms with Gasteiger partial charge in [-0.2, -0.15) is 0 Å². The summed E-state index contributed by atoms with van der Waals surface area (Å²) in [5.74, 6) is 0.150. The highest BCUT2D eigenvalue weighted by Crippen LogP contribution is 2.31. The highest BCUT2D eigenvalue weighted by Gasteiger charge is 2.25. The largest absolute Gasteiger partial charge is 0.490 e. The summed E-state index contributed by atoms with van der Waals surface area (Å²) >= 11 is 6.11. The van der Waals surface area contributed by atoms with Crippen molar-refractivity contribution in [3.8, 4) is 5.75 Å². The van der Waals surface area contributed by atoms with Gasteiger partial charge in [0.1, 0.15) is 5.60 Å². The molecule has 122 valence electrons. The molecule has 23 heavy (non-hydrogen) atoms. The molecule has 1 unspecified atom stereocenters. The van der Waals surface area contributed by atoms with Gasteiger partial charge in [-0.3, -0.25) is 10.1 Å². The molecule has 2 aromatic rings. The van der Waals surface area contributed by atoms with Crippen LogP contribution in [-0.2, 0) is 5.60 Å². The average Bonchev–Trinajstić information content (AvgIpc) is 2.52. The maximum atomic E-state index is 10.9. The van der Waals surface area contributed by atoms with Crippen molar-refractivity contribution in [2.75, 3.05) is 19.0 Å². The first kappa shape index (κ1) is 17.1. The SMILES string of the molecule is COc1cc(NCC(C)(O)c2ccccc2Cl)ccc1[N+](=O)[O-]. The smallest absolute Gasteiger partial charge is 0.311 e. The first-order valence-electron chi connectivity index (χ1n) is 6.89. The molecular weight excluding hydrogens is 320 g/mol. The number of hydrogen-bond acceptors (Lipinski definition) is 5. The molecule has 0 saturated heterocycles. The second-order valence-electron chi connectivity index (χ2n) is 5.25. The van der Waals surface area contributed by atoms with Crippen LogP contribution in [0.5, 0.6) is 5.75 Å². The van der Waals surface area contributed by atoms with Gasteiger partial charge in [-0.1, -0.05) is 29.8 Å². The van der Waals surface area contributed by atoms with Crippen molar-refractivity contribution in [2.24, 2.45) is 0 Å². The number of nitro groups is 1. The number of aliphatic hydroxyl groups is 1.